The Morgan fingerprint density at radius 3 is 2.62 bits per heavy atom. The van der Waals surface area contributed by atoms with Crippen molar-refractivity contribution < 1.29 is 4.74 Å². The van der Waals surface area contributed by atoms with E-state index in [0.29, 0.717) is 12.0 Å². The highest BCUT2D eigenvalue weighted by Gasteiger charge is 2.32. The monoisotopic (exact) mass is 228 g/mol. The summed E-state index contributed by atoms with van der Waals surface area (Å²) >= 11 is 0. The second kappa shape index (κ2) is 5.99. The van der Waals surface area contributed by atoms with Crippen molar-refractivity contribution in [2.45, 2.75) is 52.2 Å². The third-order valence-electron chi connectivity index (χ3n) is 3.57. The van der Waals surface area contributed by atoms with Crippen molar-refractivity contribution >= 4 is 0 Å². The average molecular weight is 228 g/mol. The average Bonchev–Trinajstić information content (AvgIpc) is 2.17. The Morgan fingerprint density at radius 1 is 1.44 bits per heavy atom. The van der Waals surface area contributed by atoms with E-state index in [9.17, 15) is 0 Å². The number of ether oxygens (including phenoxy) is 1. The molecule has 0 aromatic carbocycles. The third-order valence-corrected chi connectivity index (χ3v) is 3.57. The zero-order valence-corrected chi connectivity index (χ0v) is 11.3. The highest BCUT2D eigenvalue weighted by Crippen LogP contribution is 2.23. The van der Waals surface area contributed by atoms with Gasteiger partial charge in [-0.1, -0.05) is 20.3 Å². The molecular formula is C13H28N2O. The van der Waals surface area contributed by atoms with Crippen molar-refractivity contribution in [1.29, 1.82) is 0 Å². The van der Waals surface area contributed by atoms with Gasteiger partial charge in [0.1, 0.15) is 0 Å². The van der Waals surface area contributed by atoms with Gasteiger partial charge in [0.2, 0.25) is 0 Å². The van der Waals surface area contributed by atoms with Gasteiger partial charge in [-0.15, -0.1) is 0 Å². The molecule has 2 N–H and O–H groups in total. The van der Waals surface area contributed by atoms with Crippen molar-refractivity contribution in [2.24, 2.45) is 11.7 Å². The summed E-state index contributed by atoms with van der Waals surface area (Å²) in [4.78, 5) is 2.52. The SMILES string of the molecule is CCCC(C)C(CN)N1CCOC(C)(C)C1. The van der Waals surface area contributed by atoms with Gasteiger partial charge in [0.05, 0.1) is 12.2 Å². The fourth-order valence-corrected chi connectivity index (χ4v) is 2.73. The molecule has 1 saturated heterocycles. The van der Waals surface area contributed by atoms with Crippen LogP contribution in [0.5, 0.6) is 0 Å². The molecule has 0 aliphatic carbocycles. The van der Waals surface area contributed by atoms with Crippen LogP contribution >= 0.6 is 0 Å². The lowest BCUT2D eigenvalue weighted by Crippen LogP contribution is -2.55. The van der Waals surface area contributed by atoms with E-state index in [-0.39, 0.29) is 5.60 Å². The summed E-state index contributed by atoms with van der Waals surface area (Å²) in [5.74, 6) is 0.684. The van der Waals surface area contributed by atoms with Gasteiger partial charge >= 0.3 is 0 Å². The zero-order valence-electron chi connectivity index (χ0n) is 11.3. The van der Waals surface area contributed by atoms with E-state index in [2.05, 4.69) is 32.6 Å². The molecule has 0 aromatic rings. The van der Waals surface area contributed by atoms with Gasteiger partial charge in [-0.3, -0.25) is 4.90 Å². The lowest BCUT2D eigenvalue weighted by atomic mass is 9.93. The van der Waals surface area contributed by atoms with Gasteiger partial charge in [0.25, 0.3) is 0 Å². The van der Waals surface area contributed by atoms with Crippen molar-refractivity contribution in [3.05, 3.63) is 0 Å². The van der Waals surface area contributed by atoms with Crippen LogP contribution in [-0.4, -0.2) is 42.8 Å². The number of morpholine rings is 1. The Kier molecular flexibility index (Phi) is 5.22. The van der Waals surface area contributed by atoms with Gasteiger partial charge in [-0.2, -0.15) is 0 Å². The Bertz CT molecular complexity index is 206. The molecule has 1 heterocycles. The maximum absolute atomic E-state index is 5.94. The molecule has 2 atom stereocenters. The minimum Gasteiger partial charge on any atom is -0.373 e. The predicted molar refractivity (Wildman–Crippen MR) is 68.5 cm³/mol. The van der Waals surface area contributed by atoms with Crippen molar-refractivity contribution in [2.75, 3.05) is 26.2 Å². The van der Waals surface area contributed by atoms with Crippen LogP contribution in [0.4, 0.5) is 0 Å². The second-order valence-electron chi connectivity index (χ2n) is 5.65. The first-order valence-electron chi connectivity index (χ1n) is 6.58. The van der Waals surface area contributed by atoms with Gasteiger partial charge in [-0.05, 0) is 26.2 Å². The number of nitrogens with zero attached hydrogens (tertiary/aromatic N) is 1. The Balaban J connectivity index is 2.58. The third kappa shape index (κ3) is 3.72. The fourth-order valence-electron chi connectivity index (χ4n) is 2.73. The lowest BCUT2D eigenvalue weighted by molar-refractivity contribution is -0.101. The van der Waals surface area contributed by atoms with E-state index in [1.165, 1.54) is 12.8 Å². The minimum absolute atomic E-state index is 0.0163. The zero-order chi connectivity index (χ0) is 12.2. The molecule has 1 aliphatic rings. The van der Waals surface area contributed by atoms with E-state index < -0.39 is 0 Å². The summed E-state index contributed by atoms with van der Waals surface area (Å²) in [6, 6.07) is 0.517. The number of hydrogen-bond donors (Lipinski definition) is 1. The molecule has 3 nitrogen and oxygen atoms in total. The van der Waals surface area contributed by atoms with Crippen LogP contribution in [0.3, 0.4) is 0 Å². The number of rotatable bonds is 5. The molecule has 0 bridgehead atoms. The van der Waals surface area contributed by atoms with E-state index in [4.69, 9.17) is 10.5 Å². The second-order valence-corrected chi connectivity index (χ2v) is 5.65. The molecule has 0 aromatic heterocycles. The summed E-state index contributed by atoms with van der Waals surface area (Å²) in [6.07, 6.45) is 2.51. The quantitative estimate of drug-likeness (QED) is 0.780. The molecule has 0 saturated carbocycles. The summed E-state index contributed by atoms with van der Waals surface area (Å²) < 4.78 is 5.75. The normalized spacial score (nSPS) is 25.3. The Labute approximate surface area is 100 Å². The standard InChI is InChI=1S/C13H28N2O/c1-5-6-11(2)12(9-14)15-7-8-16-13(3,4)10-15/h11-12H,5-10,14H2,1-4H3. The Hall–Kier alpha value is -0.120. The van der Waals surface area contributed by atoms with E-state index in [0.717, 1.165) is 26.2 Å². The van der Waals surface area contributed by atoms with E-state index >= 15 is 0 Å². The lowest BCUT2D eigenvalue weighted by Gasteiger charge is -2.43. The molecule has 16 heavy (non-hydrogen) atoms. The largest absolute Gasteiger partial charge is 0.373 e. The molecule has 1 fully saturated rings. The molecular weight excluding hydrogens is 200 g/mol. The maximum atomic E-state index is 5.94. The van der Waals surface area contributed by atoms with Crippen LogP contribution in [-0.2, 0) is 4.74 Å². The summed E-state index contributed by atoms with van der Waals surface area (Å²) in [6.45, 7) is 12.5. The van der Waals surface area contributed by atoms with E-state index in [1.54, 1.807) is 0 Å². The first-order valence-corrected chi connectivity index (χ1v) is 6.58. The maximum Gasteiger partial charge on any atom is 0.0753 e. The first-order chi connectivity index (χ1) is 7.50. The van der Waals surface area contributed by atoms with Gasteiger partial charge < -0.3 is 10.5 Å². The van der Waals surface area contributed by atoms with E-state index in [1.807, 2.05) is 0 Å². The molecule has 96 valence electrons. The van der Waals surface area contributed by atoms with Crippen LogP contribution in [0, 0.1) is 5.92 Å². The molecule has 0 amide bonds. The highest BCUT2D eigenvalue weighted by atomic mass is 16.5. The Morgan fingerprint density at radius 2 is 2.12 bits per heavy atom. The first kappa shape index (κ1) is 13.9. The summed E-state index contributed by atoms with van der Waals surface area (Å²) in [5, 5.41) is 0. The number of hydrogen-bond acceptors (Lipinski definition) is 3. The van der Waals surface area contributed by atoms with Crippen molar-refractivity contribution in [3.63, 3.8) is 0 Å². The molecule has 1 rings (SSSR count). The molecule has 2 unspecified atom stereocenters. The van der Waals surface area contributed by atoms with Crippen molar-refractivity contribution in [1.82, 2.24) is 4.90 Å². The molecule has 0 radical (unpaired) electrons. The van der Waals surface area contributed by atoms with Gasteiger partial charge in [0, 0.05) is 25.7 Å². The fraction of sp³-hybridized carbons (Fsp3) is 1.00. The van der Waals surface area contributed by atoms with Crippen LogP contribution < -0.4 is 5.73 Å². The molecule has 3 heteroatoms. The minimum atomic E-state index is -0.0163. The summed E-state index contributed by atoms with van der Waals surface area (Å²) in [7, 11) is 0. The van der Waals surface area contributed by atoms with Gasteiger partial charge in [-0.25, -0.2) is 0 Å². The topological polar surface area (TPSA) is 38.5 Å². The summed E-state index contributed by atoms with van der Waals surface area (Å²) in [5.41, 5.74) is 5.92. The molecule has 0 spiro atoms. The van der Waals surface area contributed by atoms with Crippen LogP contribution in [0.25, 0.3) is 0 Å². The molecule has 1 aliphatic heterocycles. The highest BCUT2D eigenvalue weighted by molar-refractivity contribution is 4.86. The van der Waals surface area contributed by atoms with Crippen LogP contribution in [0.1, 0.15) is 40.5 Å². The van der Waals surface area contributed by atoms with Crippen molar-refractivity contribution in [3.8, 4) is 0 Å². The smallest absolute Gasteiger partial charge is 0.0753 e. The number of nitrogens with two attached hydrogens (primary N) is 1. The predicted octanol–water partition coefficient (Wildman–Crippen LogP) is 1.86. The van der Waals surface area contributed by atoms with Crippen LogP contribution in [0.2, 0.25) is 0 Å². The van der Waals surface area contributed by atoms with Gasteiger partial charge in [0.15, 0.2) is 0 Å². The van der Waals surface area contributed by atoms with Crippen LogP contribution in [0.15, 0.2) is 0 Å².